The average Bonchev–Trinajstić information content (AvgIpc) is 2.36. The summed E-state index contributed by atoms with van der Waals surface area (Å²) in [6.45, 7) is 3.65. The van der Waals surface area contributed by atoms with Gasteiger partial charge in [-0.3, -0.25) is 9.29 Å². The molecule has 6 heteroatoms. The number of benzene rings is 1. The highest BCUT2D eigenvalue weighted by atomic mass is 79.9. The van der Waals surface area contributed by atoms with Crippen LogP contribution in [0.3, 0.4) is 0 Å². The molecule has 0 bridgehead atoms. The van der Waals surface area contributed by atoms with Crippen LogP contribution in [0.15, 0.2) is 27.1 Å². The van der Waals surface area contributed by atoms with E-state index in [0.29, 0.717) is 6.42 Å². The highest BCUT2D eigenvalue weighted by Crippen LogP contribution is 2.30. The third kappa shape index (κ3) is 4.97. The first-order valence-electron chi connectivity index (χ1n) is 6.17. The summed E-state index contributed by atoms with van der Waals surface area (Å²) in [7, 11) is 0. The van der Waals surface area contributed by atoms with Crippen molar-refractivity contribution in [3.8, 4) is 0 Å². The zero-order valence-electron chi connectivity index (χ0n) is 10.5. The van der Waals surface area contributed by atoms with Crippen LogP contribution >= 0.6 is 44.3 Å². The van der Waals surface area contributed by atoms with Crippen molar-refractivity contribution in [3.63, 3.8) is 0 Å². The molecule has 1 saturated heterocycles. The number of nitrogens with zero attached hydrogens (tertiary/aromatic N) is 1. The highest BCUT2D eigenvalue weighted by molar-refractivity contribution is 9.11. The van der Waals surface area contributed by atoms with Gasteiger partial charge in [-0.1, -0.05) is 31.9 Å². The van der Waals surface area contributed by atoms with Gasteiger partial charge in [0.05, 0.1) is 6.67 Å². The van der Waals surface area contributed by atoms with Crippen molar-refractivity contribution in [2.24, 2.45) is 0 Å². The van der Waals surface area contributed by atoms with Crippen LogP contribution in [0, 0.1) is 0 Å². The van der Waals surface area contributed by atoms with E-state index in [-0.39, 0.29) is 25.1 Å². The maximum Gasteiger partial charge on any atom is 0.0912 e. The Kier molecular flexibility index (Phi) is 7.84. The van der Waals surface area contributed by atoms with E-state index >= 15 is 0 Å². The Hall–Kier alpha value is 0.320. The van der Waals surface area contributed by atoms with Gasteiger partial charge < -0.3 is 5.32 Å². The number of halogens is 4. The lowest BCUT2D eigenvalue weighted by Gasteiger charge is -2.35. The first-order valence-corrected chi connectivity index (χ1v) is 7.76. The molecule has 0 aliphatic carbocycles. The summed E-state index contributed by atoms with van der Waals surface area (Å²) in [5.74, 6) is 0. The fraction of sp³-hybridized carbons (Fsp3) is 0.538. The zero-order valence-corrected chi connectivity index (χ0v) is 14.5. The minimum atomic E-state index is -0.279. The first-order chi connectivity index (χ1) is 8.70. The summed E-state index contributed by atoms with van der Waals surface area (Å²) >= 11 is 7.00. The quantitative estimate of drug-likeness (QED) is 0.800. The van der Waals surface area contributed by atoms with Gasteiger partial charge in [-0.05, 0) is 30.2 Å². The predicted octanol–water partition coefficient (Wildman–Crippen LogP) is 3.94. The van der Waals surface area contributed by atoms with Gasteiger partial charge in [0.25, 0.3) is 0 Å². The highest BCUT2D eigenvalue weighted by Gasteiger charge is 2.22. The number of rotatable bonds is 4. The Morgan fingerprint density at radius 2 is 1.74 bits per heavy atom. The Balaban J connectivity index is 0.00000180. The third-order valence-electron chi connectivity index (χ3n) is 3.24. The third-order valence-corrected chi connectivity index (χ3v) is 4.16. The van der Waals surface area contributed by atoms with Crippen LogP contribution in [-0.2, 0) is 0 Å². The Morgan fingerprint density at radius 1 is 1.16 bits per heavy atom. The van der Waals surface area contributed by atoms with Gasteiger partial charge in [0, 0.05) is 41.2 Å². The molecule has 0 amide bonds. The van der Waals surface area contributed by atoms with Gasteiger partial charge in [-0.2, -0.15) is 0 Å². The van der Waals surface area contributed by atoms with Crippen molar-refractivity contribution >= 4 is 44.3 Å². The largest absolute Gasteiger partial charge is 0.314 e. The number of hydrogen-bond donors (Lipinski definition) is 1. The monoisotopic (exact) mass is 414 g/mol. The van der Waals surface area contributed by atoms with E-state index in [4.69, 9.17) is 0 Å². The first kappa shape index (κ1) is 17.4. The van der Waals surface area contributed by atoms with Crippen molar-refractivity contribution in [2.45, 2.75) is 12.5 Å². The second kappa shape index (κ2) is 8.57. The fourth-order valence-electron chi connectivity index (χ4n) is 2.42. The molecule has 108 valence electrons. The van der Waals surface area contributed by atoms with Crippen molar-refractivity contribution in [2.75, 3.05) is 32.9 Å². The van der Waals surface area contributed by atoms with Crippen LogP contribution in [-0.4, -0.2) is 37.8 Å². The molecular weight excluding hydrogens is 398 g/mol. The summed E-state index contributed by atoms with van der Waals surface area (Å²) in [5, 5.41) is 3.33. The van der Waals surface area contributed by atoms with E-state index in [1.54, 1.807) is 0 Å². The summed E-state index contributed by atoms with van der Waals surface area (Å²) in [6, 6.07) is 6.36. The summed E-state index contributed by atoms with van der Waals surface area (Å²) in [5.41, 5.74) is 1.18. The van der Waals surface area contributed by atoms with E-state index in [2.05, 4.69) is 54.2 Å². The molecule has 0 radical (unpaired) electrons. The maximum absolute atomic E-state index is 12.8. The molecule has 1 N–H and O–H groups in total. The Labute approximate surface area is 136 Å². The van der Waals surface area contributed by atoms with Gasteiger partial charge >= 0.3 is 0 Å². The van der Waals surface area contributed by atoms with E-state index in [1.807, 2.05) is 6.07 Å². The van der Waals surface area contributed by atoms with Crippen LogP contribution in [0.25, 0.3) is 0 Å². The number of nitrogens with one attached hydrogen (secondary N) is 1. The van der Waals surface area contributed by atoms with Gasteiger partial charge in [-0.15, -0.1) is 12.4 Å². The Morgan fingerprint density at radius 3 is 2.26 bits per heavy atom. The van der Waals surface area contributed by atoms with E-state index in [9.17, 15) is 4.39 Å². The Bertz CT molecular complexity index is 380. The average molecular weight is 417 g/mol. The van der Waals surface area contributed by atoms with Crippen LogP contribution in [0.1, 0.15) is 18.0 Å². The molecule has 0 saturated carbocycles. The molecule has 2 rings (SSSR count). The van der Waals surface area contributed by atoms with Crippen molar-refractivity contribution < 1.29 is 4.39 Å². The topological polar surface area (TPSA) is 15.3 Å². The summed E-state index contributed by atoms with van der Waals surface area (Å²) in [6.07, 6.45) is 0.558. The molecule has 0 unspecified atom stereocenters. The minimum absolute atomic E-state index is 0. The van der Waals surface area contributed by atoms with Gasteiger partial charge in [0.2, 0.25) is 0 Å². The zero-order chi connectivity index (χ0) is 13.0. The summed E-state index contributed by atoms with van der Waals surface area (Å²) in [4.78, 5) is 2.37. The number of piperazine rings is 1. The second-order valence-corrected chi connectivity index (χ2v) is 6.31. The molecule has 1 atom stereocenters. The molecule has 0 aromatic heterocycles. The molecule has 19 heavy (non-hydrogen) atoms. The van der Waals surface area contributed by atoms with Gasteiger partial charge in [0.15, 0.2) is 0 Å². The lowest BCUT2D eigenvalue weighted by atomic mass is 10.0. The van der Waals surface area contributed by atoms with Crippen LogP contribution in [0.2, 0.25) is 0 Å². The number of alkyl halides is 1. The lowest BCUT2D eigenvalue weighted by molar-refractivity contribution is 0.157. The number of hydrogen-bond acceptors (Lipinski definition) is 2. The standard InChI is InChI=1S/C13H17Br2FN2.ClH/c14-11-7-10(8-12(15)9-11)13(1-2-16)18-5-3-17-4-6-18;/h7-9,13,17H,1-6H2;1H/t13-;/m1./s1. The predicted molar refractivity (Wildman–Crippen MR) is 86.9 cm³/mol. The van der Waals surface area contributed by atoms with Gasteiger partial charge in [0.1, 0.15) is 0 Å². The molecule has 1 aromatic carbocycles. The molecule has 1 aliphatic heterocycles. The minimum Gasteiger partial charge on any atom is -0.314 e. The molecule has 1 fully saturated rings. The molecule has 2 nitrogen and oxygen atoms in total. The normalized spacial score (nSPS) is 17.8. The van der Waals surface area contributed by atoms with E-state index in [1.165, 1.54) is 5.56 Å². The maximum atomic E-state index is 12.8. The van der Waals surface area contributed by atoms with E-state index in [0.717, 1.165) is 35.1 Å². The molecule has 1 heterocycles. The molecular formula is C13H18Br2ClFN2. The SMILES string of the molecule is Cl.FCC[C@H](c1cc(Br)cc(Br)c1)N1CCNCC1. The fourth-order valence-corrected chi connectivity index (χ4v) is 3.75. The summed E-state index contributed by atoms with van der Waals surface area (Å²) < 4.78 is 14.9. The molecule has 1 aliphatic rings. The van der Waals surface area contributed by atoms with Crippen LogP contribution < -0.4 is 5.32 Å². The molecule has 0 spiro atoms. The van der Waals surface area contributed by atoms with Crippen LogP contribution in [0.4, 0.5) is 4.39 Å². The van der Waals surface area contributed by atoms with Crippen molar-refractivity contribution in [3.05, 3.63) is 32.7 Å². The van der Waals surface area contributed by atoms with Crippen molar-refractivity contribution in [1.29, 1.82) is 0 Å². The van der Waals surface area contributed by atoms with E-state index < -0.39 is 0 Å². The van der Waals surface area contributed by atoms with Gasteiger partial charge in [-0.25, -0.2) is 0 Å². The smallest absolute Gasteiger partial charge is 0.0912 e. The molecule has 1 aromatic rings. The lowest BCUT2D eigenvalue weighted by Crippen LogP contribution is -2.45. The van der Waals surface area contributed by atoms with Crippen LogP contribution in [0.5, 0.6) is 0 Å². The second-order valence-electron chi connectivity index (χ2n) is 4.48. The van der Waals surface area contributed by atoms with Crippen molar-refractivity contribution in [1.82, 2.24) is 10.2 Å².